The molecule has 0 radical (unpaired) electrons. The summed E-state index contributed by atoms with van der Waals surface area (Å²) in [7, 11) is 0. The van der Waals surface area contributed by atoms with Gasteiger partial charge < -0.3 is 5.32 Å². The average molecular weight is 353 g/mol. The number of hydrogen-bond acceptors (Lipinski definition) is 3. The maximum atomic E-state index is 6.46. The van der Waals surface area contributed by atoms with Crippen LogP contribution >= 0.6 is 11.6 Å². The molecule has 0 amide bonds. The maximum absolute atomic E-state index is 6.46. The standard InChI is InChI=1S/C20H21ClN4/c1-13(2)14-7-9-15(10-8-14)18-11-19(16-5-3-4-6-17(16)21)25-20(24-18)22-12-23-25/h3-10,12-13,18-19H,11H2,1-2H3,(H,22,23,24). The Kier molecular flexibility index (Phi) is 4.22. The molecule has 1 aliphatic heterocycles. The van der Waals surface area contributed by atoms with Gasteiger partial charge in [-0.3, -0.25) is 0 Å². The molecule has 5 heteroatoms. The molecule has 128 valence electrons. The summed E-state index contributed by atoms with van der Waals surface area (Å²) < 4.78 is 1.93. The highest BCUT2D eigenvalue weighted by Crippen LogP contribution is 2.39. The van der Waals surface area contributed by atoms with E-state index in [1.807, 2.05) is 22.9 Å². The van der Waals surface area contributed by atoms with Crippen molar-refractivity contribution in [1.82, 2.24) is 14.8 Å². The fraction of sp³-hybridized carbons (Fsp3) is 0.300. The molecule has 4 rings (SSSR count). The second-order valence-electron chi connectivity index (χ2n) is 6.82. The Bertz CT molecular complexity index is 869. The van der Waals surface area contributed by atoms with Crippen molar-refractivity contribution in [2.24, 2.45) is 0 Å². The predicted molar refractivity (Wildman–Crippen MR) is 101 cm³/mol. The van der Waals surface area contributed by atoms with E-state index in [-0.39, 0.29) is 12.1 Å². The van der Waals surface area contributed by atoms with Crippen molar-refractivity contribution in [3.8, 4) is 0 Å². The van der Waals surface area contributed by atoms with Crippen molar-refractivity contribution in [2.75, 3.05) is 5.32 Å². The molecule has 2 heterocycles. The summed E-state index contributed by atoms with van der Waals surface area (Å²) in [6.07, 6.45) is 2.47. The van der Waals surface area contributed by atoms with Gasteiger partial charge in [-0.15, -0.1) is 0 Å². The molecule has 3 aromatic rings. The lowest BCUT2D eigenvalue weighted by molar-refractivity contribution is 0.431. The van der Waals surface area contributed by atoms with E-state index in [9.17, 15) is 0 Å². The van der Waals surface area contributed by atoms with Gasteiger partial charge in [0.05, 0.1) is 12.1 Å². The third-order valence-electron chi connectivity index (χ3n) is 4.90. The molecule has 0 saturated carbocycles. The minimum absolute atomic E-state index is 0.0715. The topological polar surface area (TPSA) is 42.7 Å². The van der Waals surface area contributed by atoms with Crippen molar-refractivity contribution >= 4 is 17.5 Å². The van der Waals surface area contributed by atoms with E-state index in [4.69, 9.17) is 11.6 Å². The number of fused-ring (bicyclic) bond motifs is 1. The van der Waals surface area contributed by atoms with Crippen LogP contribution in [0.25, 0.3) is 0 Å². The van der Waals surface area contributed by atoms with E-state index < -0.39 is 0 Å². The van der Waals surface area contributed by atoms with Gasteiger partial charge in [0, 0.05) is 5.02 Å². The van der Waals surface area contributed by atoms with Crippen LogP contribution < -0.4 is 5.32 Å². The SMILES string of the molecule is CC(C)c1ccc(C2CC(c3ccccc3Cl)n3ncnc3N2)cc1. The van der Waals surface area contributed by atoms with Crippen LogP contribution in [0.2, 0.25) is 5.02 Å². The minimum Gasteiger partial charge on any atom is -0.348 e. The highest BCUT2D eigenvalue weighted by atomic mass is 35.5. The smallest absolute Gasteiger partial charge is 0.222 e. The Morgan fingerprint density at radius 2 is 1.88 bits per heavy atom. The fourth-order valence-corrected chi connectivity index (χ4v) is 3.72. The summed E-state index contributed by atoms with van der Waals surface area (Å²) in [6.45, 7) is 4.42. The molecule has 25 heavy (non-hydrogen) atoms. The van der Waals surface area contributed by atoms with Crippen LogP contribution in [0.15, 0.2) is 54.9 Å². The molecular weight excluding hydrogens is 332 g/mol. The van der Waals surface area contributed by atoms with E-state index in [1.54, 1.807) is 6.33 Å². The molecule has 0 saturated heterocycles. The van der Waals surface area contributed by atoms with Gasteiger partial charge in [0.25, 0.3) is 0 Å². The van der Waals surface area contributed by atoms with Gasteiger partial charge in [-0.25, -0.2) is 4.68 Å². The molecule has 1 N–H and O–H groups in total. The second-order valence-corrected chi connectivity index (χ2v) is 7.23. The summed E-state index contributed by atoms with van der Waals surface area (Å²) in [5, 5.41) is 8.68. The Balaban J connectivity index is 1.70. The summed E-state index contributed by atoms with van der Waals surface area (Å²) in [5.41, 5.74) is 3.70. The quantitative estimate of drug-likeness (QED) is 0.704. The molecule has 1 aliphatic rings. The first-order chi connectivity index (χ1) is 12.1. The summed E-state index contributed by atoms with van der Waals surface area (Å²) in [4.78, 5) is 4.38. The molecule has 0 aliphatic carbocycles. The van der Waals surface area contributed by atoms with Crippen molar-refractivity contribution in [3.63, 3.8) is 0 Å². The van der Waals surface area contributed by atoms with Crippen LogP contribution in [0, 0.1) is 0 Å². The fourth-order valence-electron chi connectivity index (χ4n) is 3.46. The normalized spacial score (nSPS) is 19.5. The minimum atomic E-state index is 0.0715. The third-order valence-corrected chi connectivity index (χ3v) is 5.24. The molecule has 4 nitrogen and oxygen atoms in total. The van der Waals surface area contributed by atoms with E-state index in [2.05, 4.69) is 59.6 Å². The number of benzene rings is 2. The molecular formula is C20H21ClN4. The van der Waals surface area contributed by atoms with Crippen molar-refractivity contribution in [1.29, 1.82) is 0 Å². The van der Waals surface area contributed by atoms with Crippen LogP contribution in [-0.2, 0) is 0 Å². The van der Waals surface area contributed by atoms with E-state index in [0.29, 0.717) is 5.92 Å². The lowest BCUT2D eigenvalue weighted by atomic mass is 9.92. The number of rotatable bonds is 3. The molecule has 0 spiro atoms. The molecule has 2 unspecified atom stereocenters. The summed E-state index contributed by atoms with van der Waals surface area (Å²) >= 11 is 6.46. The second kappa shape index (κ2) is 6.52. The Labute approximate surface area is 152 Å². The summed E-state index contributed by atoms with van der Waals surface area (Å²) in [5.74, 6) is 1.32. The number of aromatic nitrogens is 3. The first-order valence-electron chi connectivity index (χ1n) is 8.64. The maximum Gasteiger partial charge on any atom is 0.222 e. The lowest BCUT2D eigenvalue weighted by Gasteiger charge is -2.32. The number of nitrogens with one attached hydrogen (secondary N) is 1. The van der Waals surface area contributed by atoms with Gasteiger partial charge in [-0.05, 0) is 35.1 Å². The summed E-state index contributed by atoms with van der Waals surface area (Å²) in [6, 6.07) is 17.1. The molecule has 2 aromatic carbocycles. The van der Waals surface area contributed by atoms with Gasteiger partial charge in [-0.2, -0.15) is 10.1 Å². The van der Waals surface area contributed by atoms with E-state index >= 15 is 0 Å². The first-order valence-corrected chi connectivity index (χ1v) is 9.01. The highest BCUT2D eigenvalue weighted by Gasteiger charge is 2.30. The average Bonchev–Trinajstić information content (AvgIpc) is 3.10. The molecule has 0 fully saturated rings. The zero-order valence-corrected chi connectivity index (χ0v) is 15.1. The van der Waals surface area contributed by atoms with Crippen molar-refractivity contribution in [3.05, 3.63) is 76.6 Å². The Morgan fingerprint density at radius 1 is 1.12 bits per heavy atom. The Morgan fingerprint density at radius 3 is 2.60 bits per heavy atom. The Hall–Kier alpha value is -2.33. The zero-order valence-electron chi connectivity index (χ0n) is 14.4. The van der Waals surface area contributed by atoms with Crippen molar-refractivity contribution < 1.29 is 0 Å². The van der Waals surface area contributed by atoms with Gasteiger partial charge in [0.1, 0.15) is 6.33 Å². The van der Waals surface area contributed by atoms with Crippen molar-refractivity contribution in [2.45, 2.75) is 38.3 Å². The van der Waals surface area contributed by atoms with Gasteiger partial charge in [0.2, 0.25) is 5.95 Å². The number of halogens is 1. The van der Waals surface area contributed by atoms with Crippen LogP contribution in [0.3, 0.4) is 0 Å². The van der Waals surface area contributed by atoms with Crippen LogP contribution in [0.5, 0.6) is 0 Å². The molecule has 2 atom stereocenters. The van der Waals surface area contributed by atoms with Gasteiger partial charge in [-0.1, -0.05) is 67.9 Å². The molecule has 0 bridgehead atoms. The monoisotopic (exact) mass is 352 g/mol. The van der Waals surface area contributed by atoms with E-state index in [0.717, 1.165) is 23.0 Å². The van der Waals surface area contributed by atoms with Crippen LogP contribution in [0.1, 0.15) is 55.0 Å². The van der Waals surface area contributed by atoms with Gasteiger partial charge in [0.15, 0.2) is 0 Å². The van der Waals surface area contributed by atoms with Gasteiger partial charge >= 0.3 is 0 Å². The first kappa shape index (κ1) is 16.2. The third kappa shape index (κ3) is 3.02. The highest BCUT2D eigenvalue weighted by molar-refractivity contribution is 6.31. The largest absolute Gasteiger partial charge is 0.348 e. The van der Waals surface area contributed by atoms with E-state index in [1.165, 1.54) is 11.1 Å². The van der Waals surface area contributed by atoms with Crippen LogP contribution in [-0.4, -0.2) is 14.8 Å². The van der Waals surface area contributed by atoms with Crippen LogP contribution in [0.4, 0.5) is 5.95 Å². The number of hydrogen-bond donors (Lipinski definition) is 1. The number of anilines is 1. The lowest BCUT2D eigenvalue weighted by Crippen LogP contribution is -2.28. The zero-order chi connectivity index (χ0) is 17.4. The molecule has 1 aromatic heterocycles. The predicted octanol–water partition coefficient (Wildman–Crippen LogP) is 5.20. The number of nitrogens with zero attached hydrogens (tertiary/aromatic N) is 3.